The van der Waals surface area contributed by atoms with Gasteiger partial charge in [-0.05, 0) is 42.3 Å². The largest absolute Gasteiger partial charge is 0.229 e. The summed E-state index contributed by atoms with van der Waals surface area (Å²) in [6.07, 6.45) is 3.59. The first-order valence-corrected chi connectivity index (χ1v) is 5.32. The van der Waals surface area contributed by atoms with Crippen molar-refractivity contribution in [3.8, 4) is 0 Å². The molecule has 0 bridgehead atoms. The van der Waals surface area contributed by atoms with Crippen LogP contribution in [0.5, 0.6) is 0 Å². The minimum absolute atomic E-state index is 0.399. The first-order chi connectivity index (χ1) is 5.85. The molecule has 1 aliphatic carbocycles. The number of nitrogens with zero attached hydrogens (tertiary/aromatic N) is 1. The Kier molecular flexibility index (Phi) is 2.94. The summed E-state index contributed by atoms with van der Waals surface area (Å²) in [6.45, 7) is 9.28. The fraction of sp³-hybridized carbons (Fsp3) is 0.909. The van der Waals surface area contributed by atoms with Gasteiger partial charge in [0.15, 0.2) is 0 Å². The Balaban J connectivity index is 2.77. The second-order valence-corrected chi connectivity index (χ2v) is 5.97. The Morgan fingerprint density at radius 2 is 1.62 bits per heavy atom. The highest BCUT2D eigenvalue weighted by Crippen LogP contribution is 2.46. The van der Waals surface area contributed by atoms with Crippen LogP contribution in [0.4, 0.5) is 0 Å². The molecule has 1 rings (SSSR count). The van der Waals surface area contributed by atoms with Gasteiger partial charge in [-0.1, -0.05) is 27.7 Å². The third kappa shape index (κ3) is 3.21. The molecule has 0 saturated heterocycles. The van der Waals surface area contributed by atoms with Gasteiger partial charge >= 0.3 is 0 Å². The highest BCUT2D eigenvalue weighted by molar-refractivity contribution is 7.78. The minimum Gasteiger partial charge on any atom is -0.229 e. The fourth-order valence-electron chi connectivity index (χ4n) is 2.95. The van der Waals surface area contributed by atoms with E-state index in [0.717, 1.165) is 12.8 Å². The van der Waals surface area contributed by atoms with E-state index in [0.29, 0.717) is 16.9 Å². The molecule has 0 aliphatic heterocycles. The molecule has 0 aromatic carbocycles. The minimum atomic E-state index is 0.399. The van der Waals surface area contributed by atoms with Crippen molar-refractivity contribution < 1.29 is 0 Å². The molecule has 1 fully saturated rings. The summed E-state index contributed by atoms with van der Waals surface area (Å²) in [5, 5.41) is 2.52. The Bertz CT molecular complexity index is 220. The Hall–Kier alpha value is -0.200. The first-order valence-electron chi connectivity index (χ1n) is 4.92. The van der Waals surface area contributed by atoms with E-state index < -0.39 is 0 Å². The quantitative estimate of drug-likeness (QED) is 0.461. The van der Waals surface area contributed by atoms with Crippen LogP contribution >= 0.6 is 12.2 Å². The number of isothiocyanates is 1. The van der Waals surface area contributed by atoms with Crippen LogP contribution in [-0.4, -0.2) is 11.2 Å². The molecule has 0 atom stereocenters. The van der Waals surface area contributed by atoms with Gasteiger partial charge in [0, 0.05) is 0 Å². The zero-order valence-corrected chi connectivity index (χ0v) is 9.87. The standard InChI is InChI=1S/C11H19NS/c1-10(2)5-9(12-8-13)6-11(3,4)7-10/h9H,5-7H2,1-4H3. The van der Waals surface area contributed by atoms with Crippen LogP contribution < -0.4 is 0 Å². The van der Waals surface area contributed by atoms with Crippen LogP contribution in [0.25, 0.3) is 0 Å². The first kappa shape index (κ1) is 10.9. The highest BCUT2D eigenvalue weighted by atomic mass is 32.1. The van der Waals surface area contributed by atoms with Crippen LogP contribution in [0.2, 0.25) is 0 Å². The molecule has 1 nitrogen and oxygen atoms in total. The van der Waals surface area contributed by atoms with Crippen molar-refractivity contribution in [3.63, 3.8) is 0 Å². The molecule has 0 radical (unpaired) electrons. The molecule has 13 heavy (non-hydrogen) atoms. The smallest absolute Gasteiger partial charge is 0.0613 e. The van der Waals surface area contributed by atoms with Crippen LogP contribution in [0.15, 0.2) is 4.99 Å². The normalized spacial score (nSPS) is 26.5. The summed E-state index contributed by atoms with van der Waals surface area (Å²) in [5.41, 5.74) is 0.810. The molecule has 0 unspecified atom stereocenters. The number of hydrogen-bond acceptors (Lipinski definition) is 2. The average Bonchev–Trinajstić information content (AvgIpc) is 1.78. The van der Waals surface area contributed by atoms with Crippen LogP contribution in [0.1, 0.15) is 47.0 Å². The summed E-state index contributed by atoms with van der Waals surface area (Å²) in [6, 6.07) is 0.399. The lowest BCUT2D eigenvalue weighted by atomic mass is 9.64. The number of thiocarbonyl (C=S) groups is 1. The van der Waals surface area contributed by atoms with Gasteiger partial charge < -0.3 is 0 Å². The van der Waals surface area contributed by atoms with Crippen molar-refractivity contribution in [3.05, 3.63) is 0 Å². The molecule has 1 aliphatic rings. The molecule has 0 N–H and O–H groups in total. The third-order valence-corrected chi connectivity index (χ3v) is 2.87. The highest BCUT2D eigenvalue weighted by Gasteiger charge is 2.38. The summed E-state index contributed by atoms with van der Waals surface area (Å²) in [4.78, 5) is 4.24. The van der Waals surface area contributed by atoms with E-state index in [9.17, 15) is 0 Å². The van der Waals surface area contributed by atoms with E-state index in [1.165, 1.54) is 6.42 Å². The van der Waals surface area contributed by atoms with Crippen molar-refractivity contribution in [1.82, 2.24) is 0 Å². The van der Waals surface area contributed by atoms with Gasteiger partial charge in [0.05, 0.1) is 11.2 Å². The van der Waals surface area contributed by atoms with Gasteiger partial charge in [-0.25, -0.2) is 4.99 Å². The van der Waals surface area contributed by atoms with Gasteiger partial charge in [-0.3, -0.25) is 0 Å². The molecule has 0 amide bonds. The van der Waals surface area contributed by atoms with Gasteiger partial charge in [0.2, 0.25) is 0 Å². The number of hydrogen-bond donors (Lipinski definition) is 0. The fourth-order valence-corrected chi connectivity index (χ4v) is 3.10. The maximum absolute atomic E-state index is 4.67. The Morgan fingerprint density at radius 3 is 2.00 bits per heavy atom. The van der Waals surface area contributed by atoms with Crippen LogP contribution in [0.3, 0.4) is 0 Å². The van der Waals surface area contributed by atoms with E-state index >= 15 is 0 Å². The zero-order valence-electron chi connectivity index (χ0n) is 9.05. The van der Waals surface area contributed by atoms with Gasteiger partial charge in [0.25, 0.3) is 0 Å². The molecule has 0 aromatic rings. The van der Waals surface area contributed by atoms with Gasteiger partial charge in [0.1, 0.15) is 0 Å². The number of rotatable bonds is 1. The summed E-state index contributed by atoms with van der Waals surface area (Å²) in [7, 11) is 0. The van der Waals surface area contributed by atoms with E-state index in [2.05, 4.69) is 50.1 Å². The SMILES string of the molecule is CC1(C)CC(N=C=S)CC(C)(C)C1. The Morgan fingerprint density at radius 1 is 1.15 bits per heavy atom. The molecule has 74 valence electrons. The molecule has 2 heteroatoms. The van der Waals surface area contributed by atoms with Gasteiger partial charge in [-0.2, -0.15) is 0 Å². The second kappa shape index (κ2) is 3.51. The molecule has 0 heterocycles. The van der Waals surface area contributed by atoms with Crippen molar-refractivity contribution in [2.24, 2.45) is 15.8 Å². The van der Waals surface area contributed by atoms with Crippen molar-refractivity contribution >= 4 is 17.4 Å². The zero-order chi connectivity index (χ0) is 10.1. The maximum atomic E-state index is 4.67. The van der Waals surface area contributed by atoms with Crippen molar-refractivity contribution in [1.29, 1.82) is 0 Å². The van der Waals surface area contributed by atoms with Crippen molar-refractivity contribution in [2.75, 3.05) is 0 Å². The maximum Gasteiger partial charge on any atom is 0.0613 e. The van der Waals surface area contributed by atoms with Gasteiger partial charge in [-0.15, -0.1) is 0 Å². The second-order valence-electron chi connectivity index (χ2n) is 5.79. The summed E-state index contributed by atoms with van der Waals surface area (Å²) in [5.74, 6) is 0. The molecular formula is C11H19NS. The lowest BCUT2D eigenvalue weighted by Gasteiger charge is -2.43. The average molecular weight is 197 g/mol. The van der Waals surface area contributed by atoms with E-state index in [-0.39, 0.29) is 0 Å². The third-order valence-electron chi connectivity index (χ3n) is 2.77. The topological polar surface area (TPSA) is 12.4 Å². The predicted molar refractivity (Wildman–Crippen MR) is 60.2 cm³/mol. The molecule has 1 saturated carbocycles. The molecule has 0 spiro atoms. The lowest BCUT2D eigenvalue weighted by molar-refractivity contribution is 0.1000. The number of aliphatic imine (C=N–C) groups is 1. The van der Waals surface area contributed by atoms with Crippen LogP contribution in [-0.2, 0) is 0 Å². The Labute approximate surface area is 86.6 Å². The van der Waals surface area contributed by atoms with E-state index in [1.807, 2.05) is 0 Å². The molecule has 0 aromatic heterocycles. The van der Waals surface area contributed by atoms with Crippen LogP contribution in [0, 0.1) is 10.8 Å². The lowest BCUT2D eigenvalue weighted by Crippen LogP contribution is -2.35. The summed E-state index contributed by atoms with van der Waals surface area (Å²) < 4.78 is 0. The van der Waals surface area contributed by atoms with E-state index in [4.69, 9.17) is 0 Å². The predicted octanol–water partition coefficient (Wildman–Crippen LogP) is 3.69. The van der Waals surface area contributed by atoms with E-state index in [1.54, 1.807) is 0 Å². The summed E-state index contributed by atoms with van der Waals surface area (Å²) >= 11 is 4.67. The molecular weight excluding hydrogens is 178 g/mol. The monoisotopic (exact) mass is 197 g/mol. The van der Waals surface area contributed by atoms with Crippen molar-refractivity contribution in [2.45, 2.75) is 53.0 Å².